The molecule has 98 valence electrons. The van der Waals surface area contributed by atoms with E-state index in [1.165, 1.54) is 5.56 Å². The first-order valence-corrected chi connectivity index (χ1v) is 6.35. The molecule has 0 saturated carbocycles. The summed E-state index contributed by atoms with van der Waals surface area (Å²) < 4.78 is 0. The maximum absolute atomic E-state index is 11.4. The Kier molecular flexibility index (Phi) is 5.98. The van der Waals surface area contributed by atoms with Crippen molar-refractivity contribution in [2.24, 2.45) is 5.92 Å². The van der Waals surface area contributed by atoms with Gasteiger partial charge in [-0.2, -0.15) is 0 Å². The van der Waals surface area contributed by atoms with Crippen LogP contribution in [0.3, 0.4) is 0 Å². The molecular formula is C15H22N2O. The highest BCUT2D eigenvalue weighted by Crippen LogP contribution is 2.04. The maximum Gasteiger partial charge on any atom is 0.318 e. The number of carbonyl (C=O) groups excluding carboxylic acids is 1. The molecule has 1 aromatic carbocycles. The Balaban J connectivity index is 2.27. The van der Waals surface area contributed by atoms with Crippen LogP contribution in [0.5, 0.6) is 0 Å². The Bertz CT molecular complexity index is 393. The molecule has 0 saturated heterocycles. The van der Waals surface area contributed by atoms with E-state index in [-0.39, 0.29) is 6.03 Å². The molecule has 2 amide bonds. The molecular weight excluding hydrogens is 224 g/mol. The second kappa shape index (κ2) is 7.54. The van der Waals surface area contributed by atoms with Crippen LogP contribution in [0, 0.1) is 12.8 Å². The predicted octanol–water partition coefficient (Wildman–Crippen LogP) is 3.31. The Morgan fingerprint density at radius 1 is 1.28 bits per heavy atom. The molecule has 0 aliphatic heterocycles. The third kappa shape index (κ3) is 6.09. The quantitative estimate of drug-likeness (QED) is 0.822. The standard InChI is InChI=1S/C15H22N2O/c1-12(2)8-10-16-15(18)17-11-9-14-6-4-13(3)5-7-14/h4-7,9,11-12H,8,10H2,1-3H3,(H2,16,17,18)/b11-9+. The topological polar surface area (TPSA) is 41.1 Å². The van der Waals surface area contributed by atoms with Crippen LogP contribution in [0.25, 0.3) is 6.08 Å². The SMILES string of the molecule is Cc1ccc(/C=C/NC(=O)NCCC(C)C)cc1. The zero-order valence-electron chi connectivity index (χ0n) is 11.4. The van der Waals surface area contributed by atoms with Crippen molar-refractivity contribution in [3.05, 3.63) is 41.6 Å². The van der Waals surface area contributed by atoms with E-state index in [0.29, 0.717) is 12.5 Å². The minimum Gasteiger partial charge on any atom is -0.338 e. The molecule has 3 heteroatoms. The molecule has 0 spiro atoms. The monoisotopic (exact) mass is 246 g/mol. The number of hydrogen-bond acceptors (Lipinski definition) is 1. The third-order valence-corrected chi connectivity index (χ3v) is 2.57. The fourth-order valence-electron chi connectivity index (χ4n) is 1.42. The summed E-state index contributed by atoms with van der Waals surface area (Å²) >= 11 is 0. The number of amides is 2. The van der Waals surface area contributed by atoms with Crippen molar-refractivity contribution < 1.29 is 4.79 Å². The van der Waals surface area contributed by atoms with Crippen molar-refractivity contribution in [1.82, 2.24) is 10.6 Å². The molecule has 0 aliphatic carbocycles. The Hall–Kier alpha value is -1.77. The Labute approximate surface area is 109 Å². The summed E-state index contributed by atoms with van der Waals surface area (Å²) in [6.45, 7) is 7.03. The third-order valence-electron chi connectivity index (χ3n) is 2.57. The van der Waals surface area contributed by atoms with Gasteiger partial charge in [-0.15, -0.1) is 0 Å². The highest BCUT2D eigenvalue weighted by Gasteiger charge is 1.97. The van der Waals surface area contributed by atoms with Crippen LogP contribution in [0.2, 0.25) is 0 Å². The smallest absolute Gasteiger partial charge is 0.318 e. The lowest BCUT2D eigenvalue weighted by atomic mass is 10.1. The number of aryl methyl sites for hydroxylation is 1. The largest absolute Gasteiger partial charge is 0.338 e. The molecule has 18 heavy (non-hydrogen) atoms. The minimum absolute atomic E-state index is 0.154. The summed E-state index contributed by atoms with van der Waals surface area (Å²) in [5.41, 5.74) is 2.30. The second-order valence-corrected chi connectivity index (χ2v) is 4.83. The summed E-state index contributed by atoms with van der Waals surface area (Å²) in [5, 5.41) is 5.50. The van der Waals surface area contributed by atoms with Gasteiger partial charge in [-0.1, -0.05) is 43.7 Å². The van der Waals surface area contributed by atoms with Crippen LogP contribution in [0.1, 0.15) is 31.4 Å². The molecule has 0 fully saturated rings. The summed E-state index contributed by atoms with van der Waals surface area (Å²) in [7, 11) is 0. The fraction of sp³-hybridized carbons (Fsp3) is 0.400. The molecule has 0 bridgehead atoms. The van der Waals surface area contributed by atoms with Gasteiger partial charge in [0.2, 0.25) is 0 Å². The molecule has 1 aromatic rings. The number of rotatable bonds is 5. The van der Waals surface area contributed by atoms with Crippen molar-refractivity contribution in [1.29, 1.82) is 0 Å². The number of urea groups is 1. The van der Waals surface area contributed by atoms with Gasteiger partial charge in [0.15, 0.2) is 0 Å². The van der Waals surface area contributed by atoms with E-state index in [0.717, 1.165) is 12.0 Å². The molecule has 0 unspecified atom stereocenters. The Morgan fingerprint density at radius 2 is 1.94 bits per heavy atom. The van der Waals surface area contributed by atoms with E-state index in [1.807, 2.05) is 37.3 Å². The van der Waals surface area contributed by atoms with Crippen LogP contribution >= 0.6 is 0 Å². The van der Waals surface area contributed by atoms with E-state index in [9.17, 15) is 4.79 Å². The minimum atomic E-state index is -0.154. The van der Waals surface area contributed by atoms with Gasteiger partial charge in [-0.3, -0.25) is 0 Å². The van der Waals surface area contributed by atoms with E-state index in [1.54, 1.807) is 6.20 Å². The van der Waals surface area contributed by atoms with Crippen LogP contribution in [0.15, 0.2) is 30.5 Å². The molecule has 0 aliphatic rings. The molecule has 0 atom stereocenters. The van der Waals surface area contributed by atoms with E-state index in [2.05, 4.69) is 24.5 Å². The van der Waals surface area contributed by atoms with Gasteiger partial charge >= 0.3 is 6.03 Å². The Morgan fingerprint density at radius 3 is 2.56 bits per heavy atom. The molecule has 0 heterocycles. The summed E-state index contributed by atoms with van der Waals surface area (Å²) in [4.78, 5) is 11.4. The van der Waals surface area contributed by atoms with Crippen molar-refractivity contribution >= 4 is 12.1 Å². The van der Waals surface area contributed by atoms with Gasteiger partial charge in [0.1, 0.15) is 0 Å². The highest BCUT2D eigenvalue weighted by atomic mass is 16.2. The molecule has 0 radical (unpaired) electrons. The number of hydrogen-bond donors (Lipinski definition) is 2. The van der Waals surface area contributed by atoms with Crippen LogP contribution < -0.4 is 10.6 Å². The zero-order chi connectivity index (χ0) is 13.4. The lowest BCUT2D eigenvalue weighted by Crippen LogP contribution is -2.33. The summed E-state index contributed by atoms with van der Waals surface area (Å²) in [6, 6.07) is 7.97. The molecule has 2 N–H and O–H groups in total. The van der Waals surface area contributed by atoms with Crippen LogP contribution in [-0.4, -0.2) is 12.6 Å². The average molecular weight is 246 g/mol. The van der Waals surface area contributed by atoms with Gasteiger partial charge in [0, 0.05) is 12.7 Å². The zero-order valence-corrected chi connectivity index (χ0v) is 11.4. The van der Waals surface area contributed by atoms with Crippen LogP contribution in [0.4, 0.5) is 4.79 Å². The highest BCUT2D eigenvalue weighted by molar-refractivity contribution is 5.75. The van der Waals surface area contributed by atoms with Crippen LogP contribution in [-0.2, 0) is 0 Å². The van der Waals surface area contributed by atoms with Gasteiger partial charge in [0.25, 0.3) is 0 Å². The normalized spacial score (nSPS) is 10.9. The first-order valence-electron chi connectivity index (χ1n) is 6.35. The second-order valence-electron chi connectivity index (χ2n) is 4.83. The lowest BCUT2D eigenvalue weighted by Gasteiger charge is -2.06. The summed E-state index contributed by atoms with van der Waals surface area (Å²) in [5.74, 6) is 0.605. The number of nitrogens with one attached hydrogen (secondary N) is 2. The lowest BCUT2D eigenvalue weighted by molar-refractivity contribution is 0.243. The maximum atomic E-state index is 11.4. The van der Waals surface area contributed by atoms with Gasteiger partial charge in [-0.05, 0) is 30.9 Å². The van der Waals surface area contributed by atoms with Crippen molar-refractivity contribution in [3.63, 3.8) is 0 Å². The van der Waals surface area contributed by atoms with E-state index >= 15 is 0 Å². The molecule has 3 nitrogen and oxygen atoms in total. The number of benzene rings is 1. The van der Waals surface area contributed by atoms with Gasteiger partial charge in [-0.25, -0.2) is 4.79 Å². The fourth-order valence-corrected chi connectivity index (χ4v) is 1.42. The predicted molar refractivity (Wildman–Crippen MR) is 76.2 cm³/mol. The first kappa shape index (κ1) is 14.3. The van der Waals surface area contributed by atoms with Gasteiger partial charge < -0.3 is 10.6 Å². The van der Waals surface area contributed by atoms with E-state index < -0.39 is 0 Å². The van der Waals surface area contributed by atoms with Crippen molar-refractivity contribution in [2.75, 3.05) is 6.54 Å². The summed E-state index contributed by atoms with van der Waals surface area (Å²) in [6.07, 6.45) is 4.53. The molecule has 0 aromatic heterocycles. The number of carbonyl (C=O) groups is 1. The first-order chi connectivity index (χ1) is 8.58. The van der Waals surface area contributed by atoms with Gasteiger partial charge in [0.05, 0.1) is 0 Å². The van der Waals surface area contributed by atoms with Crippen molar-refractivity contribution in [2.45, 2.75) is 27.2 Å². The molecule has 1 rings (SSSR count). The van der Waals surface area contributed by atoms with E-state index in [4.69, 9.17) is 0 Å². The average Bonchev–Trinajstić information content (AvgIpc) is 2.31. The van der Waals surface area contributed by atoms with Crippen molar-refractivity contribution in [3.8, 4) is 0 Å².